The van der Waals surface area contributed by atoms with Crippen LogP contribution >= 0.6 is 0 Å². The third-order valence-corrected chi connectivity index (χ3v) is 6.85. The maximum absolute atomic E-state index is 13.0. The van der Waals surface area contributed by atoms with E-state index >= 15 is 0 Å². The molecule has 27 heavy (non-hydrogen) atoms. The molecule has 0 aliphatic carbocycles. The van der Waals surface area contributed by atoms with Gasteiger partial charge in [0.2, 0.25) is 10.0 Å². The lowest BCUT2D eigenvalue weighted by atomic mass is 9.98. The highest BCUT2D eigenvalue weighted by molar-refractivity contribution is 7.88. The van der Waals surface area contributed by atoms with Crippen molar-refractivity contribution < 1.29 is 13.2 Å². The van der Waals surface area contributed by atoms with Gasteiger partial charge in [-0.25, -0.2) is 8.42 Å². The molecule has 0 atom stereocenters. The molecule has 1 saturated heterocycles. The number of nitrogens with zero attached hydrogens (tertiary/aromatic N) is 2. The fourth-order valence-electron chi connectivity index (χ4n) is 3.72. The molecule has 1 fully saturated rings. The first-order valence-corrected chi connectivity index (χ1v) is 10.8. The molecule has 0 bridgehead atoms. The van der Waals surface area contributed by atoms with E-state index < -0.39 is 10.0 Å². The Morgan fingerprint density at radius 1 is 0.926 bits per heavy atom. The van der Waals surface area contributed by atoms with Gasteiger partial charge in [-0.3, -0.25) is 4.79 Å². The van der Waals surface area contributed by atoms with Crippen LogP contribution in [0.5, 0.6) is 0 Å². The quantitative estimate of drug-likeness (QED) is 0.812. The normalized spacial score (nSPS) is 15.7. The Balaban J connectivity index is 1.67. The van der Waals surface area contributed by atoms with Crippen LogP contribution in [0.4, 0.5) is 0 Å². The van der Waals surface area contributed by atoms with Crippen LogP contribution in [-0.4, -0.2) is 49.7 Å². The van der Waals surface area contributed by atoms with Gasteiger partial charge in [0.1, 0.15) is 0 Å². The van der Waals surface area contributed by atoms with Crippen LogP contribution < -0.4 is 0 Å². The Labute approximate surface area is 161 Å². The number of piperazine rings is 1. The summed E-state index contributed by atoms with van der Waals surface area (Å²) in [5.41, 5.74) is 4.59. The highest BCUT2D eigenvalue weighted by atomic mass is 32.2. The van der Waals surface area contributed by atoms with Crippen molar-refractivity contribution in [2.45, 2.75) is 26.5 Å². The van der Waals surface area contributed by atoms with E-state index in [1.54, 1.807) is 4.90 Å². The van der Waals surface area contributed by atoms with Crippen molar-refractivity contribution in [2.24, 2.45) is 0 Å². The van der Waals surface area contributed by atoms with Crippen LogP contribution in [-0.2, 0) is 15.8 Å². The fourth-order valence-corrected chi connectivity index (χ4v) is 5.24. The third-order valence-electron chi connectivity index (χ3n) is 5.00. The van der Waals surface area contributed by atoms with E-state index in [2.05, 4.69) is 0 Å². The van der Waals surface area contributed by atoms with Crippen molar-refractivity contribution >= 4 is 15.9 Å². The van der Waals surface area contributed by atoms with Gasteiger partial charge in [-0.15, -0.1) is 0 Å². The van der Waals surface area contributed by atoms with E-state index in [9.17, 15) is 13.2 Å². The molecule has 0 unspecified atom stereocenters. The molecule has 0 saturated carbocycles. The minimum Gasteiger partial charge on any atom is -0.336 e. The fraction of sp³-hybridized carbons (Fsp3) is 0.381. The first-order valence-electron chi connectivity index (χ1n) is 9.17. The zero-order valence-electron chi connectivity index (χ0n) is 16.1. The summed E-state index contributed by atoms with van der Waals surface area (Å²) >= 11 is 0. The van der Waals surface area contributed by atoms with Gasteiger partial charge in [0.15, 0.2) is 0 Å². The van der Waals surface area contributed by atoms with Crippen molar-refractivity contribution in [1.82, 2.24) is 9.21 Å². The van der Waals surface area contributed by atoms with Crippen molar-refractivity contribution in [3.63, 3.8) is 0 Å². The topological polar surface area (TPSA) is 57.7 Å². The first-order chi connectivity index (χ1) is 12.8. The molecule has 1 amide bonds. The Morgan fingerprint density at radius 3 is 2.04 bits per heavy atom. The van der Waals surface area contributed by atoms with Crippen LogP contribution in [0.25, 0.3) is 0 Å². The molecular weight excluding hydrogens is 360 g/mol. The summed E-state index contributed by atoms with van der Waals surface area (Å²) in [7, 11) is -3.38. The summed E-state index contributed by atoms with van der Waals surface area (Å²) in [6.07, 6.45) is 0. The van der Waals surface area contributed by atoms with Crippen molar-refractivity contribution in [1.29, 1.82) is 0 Å². The van der Waals surface area contributed by atoms with Gasteiger partial charge in [-0.2, -0.15) is 4.31 Å². The van der Waals surface area contributed by atoms with Crippen molar-refractivity contribution in [3.8, 4) is 0 Å². The highest BCUT2D eigenvalue weighted by Crippen LogP contribution is 2.20. The molecule has 2 aromatic rings. The Kier molecular flexibility index (Phi) is 5.67. The first kappa shape index (κ1) is 19.6. The third kappa shape index (κ3) is 4.39. The maximum atomic E-state index is 13.0. The summed E-state index contributed by atoms with van der Waals surface area (Å²) in [4.78, 5) is 14.7. The number of hydrogen-bond donors (Lipinski definition) is 0. The molecule has 0 spiro atoms. The molecule has 6 heteroatoms. The summed E-state index contributed by atoms with van der Waals surface area (Å²) in [6.45, 7) is 7.43. The number of carbonyl (C=O) groups excluding carboxylic acids is 1. The summed E-state index contributed by atoms with van der Waals surface area (Å²) < 4.78 is 26.8. The Morgan fingerprint density at radius 2 is 1.48 bits per heavy atom. The van der Waals surface area contributed by atoms with Crippen LogP contribution in [0.2, 0.25) is 0 Å². The van der Waals surface area contributed by atoms with E-state index in [4.69, 9.17) is 0 Å². The number of aryl methyl sites for hydroxylation is 3. The molecule has 3 rings (SSSR count). The van der Waals surface area contributed by atoms with Crippen LogP contribution in [0, 0.1) is 20.8 Å². The average molecular weight is 387 g/mol. The van der Waals surface area contributed by atoms with Crippen LogP contribution in [0.1, 0.15) is 32.6 Å². The predicted octanol–water partition coefficient (Wildman–Crippen LogP) is 2.90. The predicted molar refractivity (Wildman–Crippen MR) is 107 cm³/mol. The summed E-state index contributed by atoms with van der Waals surface area (Å²) in [5, 5.41) is 0. The van der Waals surface area contributed by atoms with Gasteiger partial charge in [-0.1, -0.05) is 48.0 Å². The molecule has 2 aromatic carbocycles. The van der Waals surface area contributed by atoms with Crippen LogP contribution in [0.15, 0.2) is 42.5 Å². The lowest BCUT2D eigenvalue weighted by Gasteiger charge is -2.34. The molecule has 0 N–H and O–H groups in total. The minimum absolute atomic E-state index is 0.00202. The van der Waals surface area contributed by atoms with E-state index in [1.165, 1.54) is 4.31 Å². The molecule has 1 aliphatic heterocycles. The second-order valence-electron chi connectivity index (χ2n) is 7.21. The SMILES string of the molecule is Cc1cc(C)c(C(=O)N2CCN(S(=O)(=O)Cc3ccccc3)CC2)c(C)c1. The summed E-state index contributed by atoms with van der Waals surface area (Å²) in [5.74, 6) is -0.0112. The Bertz CT molecular complexity index is 908. The maximum Gasteiger partial charge on any atom is 0.254 e. The molecule has 1 heterocycles. The monoisotopic (exact) mass is 386 g/mol. The van der Waals surface area contributed by atoms with Gasteiger partial charge in [0.05, 0.1) is 5.75 Å². The van der Waals surface area contributed by atoms with Crippen molar-refractivity contribution in [3.05, 3.63) is 70.3 Å². The smallest absolute Gasteiger partial charge is 0.254 e. The zero-order chi connectivity index (χ0) is 19.6. The van der Waals surface area contributed by atoms with Crippen LogP contribution in [0.3, 0.4) is 0 Å². The van der Waals surface area contributed by atoms with Gasteiger partial charge in [0, 0.05) is 31.7 Å². The molecule has 5 nitrogen and oxygen atoms in total. The number of hydrogen-bond acceptors (Lipinski definition) is 3. The summed E-state index contributed by atoms with van der Waals surface area (Å²) in [6, 6.07) is 13.2. The van der Waals surface area contributed by atoms with Gasteiger partial charge < -0.3 is 4.90 Å². The average Bonchev–Trinajstić information content (AvgIpc) is 2.61. The number of carbonyl (C=O) groups is 1. The molecular formula is C21H26N2O3S. The second kappa shape index (κ2) is 7.82. The molecule has 1 aliphatic rings. The van der Waals surface area contributed by atoms with E-state index in [0.717, 1.165) is 27.8 Å². The van der Waals surface area contributed by atoms with Gasteiger partial charge >= 0.3 is 0 Å². The lowest BCUT2D eigenvalue weighted by molar-refractivity contribution is 0.0696. The molecule has 144 valence electrons. The van der Waals surface area contributed by atoms with E-state index in [1.807, 2.05) is 63.2 Å². The zero-order valence-corrected chi connectivity index (χ0v) is 16.9. The number of rotatable bonds is 4. The standard InChI is InChI=1S/C21H26N2O3S/c1-16-13-17(2)20(18(3)14-16)21(24)22-9-11-23(12-10-22)27(25,26)15-19-7-5-4-6-8-19/h4-8,13-14H,9-12,15H2,1-3H3. The van der Waals surface area contributed by atoms with Gasteiger partial charge in [-0.05, 0) is 37.5 Å². The Hall–Kier alpha value is -2.18. The highest BCUT2D eigenvalue weighted by Gasteiger charge is 2.30. The number of amides is 1. The minimum atomic E-state index is -3.38. The van der Waals surface area contributed by atoms with E-state index in [-0.39, 0.29) is 11.7 Å². The van der Waals surface area contributed by atoms with E-state index in [0.29, 0.717) is 26.2 Å². The number of benzene rings is 2. The molecule has 0 aromatic heterocycles. The molecule has 0 radical (unpaired) electrons. The second-order valence-corrected chi connectivity index (χ2v) is 9.18. The largest absolute Gasteiger partial charge is 0.336 e. The van der Waals surface area contributed by atoms with Gasteiger partial charge in [0.25, 0.3) is 5.91 Å². The van der Waals surface area contributed by atoms with Crippen molar-refractivity contribution in [2.75, 3.05) is 26.2 Å². The number of sulfonamides is 1. The lowest BCUT2D eigenvalue weighted by Crippen LogP contribution is -2.51.